The summed E-state index contributed by atoms with van der Waals surface area (Å²) in [6.45, 7) is 4.41. The van der Waals surface area contributed by atoms with Gasteiger partial charge in [0.2, 0.25) is 11.8 Å². The molecule has 0 bridgehead atoms. The number of nitrogens with zero attached hydrogens (tertiary/aromatic N) is 3. The number of benzene rings is 1. The molecule has 4 rings (SSSR count). The number of aromatic nitrogens is 3. The van der Waals surface area contributed by atoms with E-state index in [9.17, 15) is 5.26 Å². The second-order valence-electron chi connectivity index (χ2n) is 7.32. The number of H-pyrrole nitrogens is 1. The normalized spacial score (nSPS) is 15.9. The zero-order valence-corrected chi connectivity index (χ0v) is 15.8. The fraction of sp³-hybridized carbons (Fsp3) is 0.227. The van der Waals surface area contributed by atoms with Crippen molar-refractivity contribution in [2.75, 3.05) is 0 Å². The number of hydrogen-bond donors (Lipinski definition) is 2. The molecule has 1 aliphatic heterocycles. The fourth-order valence-electron chi connectivity index (χ4n) is 3.62. The van der Waals surface area contributed by atoms with Gasteiger partial charge in [0, 0.05) is 18.0 Å². The number of aromatic amines is 1. The summed E-state index contributed by atoms with van der Waals surface area (Å²) in [7, 11) is 0. The van der Waals surface area contributed by atoms with E-state index >= 15 is 0 Å². The maximum Gasteiger partial charge on any atom is 0.244 e. The molecule has 6 heteroatoms. The number of nitrogens with two attached hydrogens (primary N) is 1. The third-order valence-corrected chi connectivity index (χ3v) is 4.84. The monoisotopic (exact) mass is 371 g/mol. The van der Waals surface area contributed by atoms with Crippen molar-refractivity contribution in [1.29, 1.82) is 5.26 Å². The summed E-state index contributed by atoms with van der Waals surface area (Å²) < 4.78 is 5.64. The second kappa shape index (κ2) is 7.20. The van der Waals surface area contributed by atoms with E-state index in [2.05, 4.69) is 59.4 Å². The van der Waals surface area contributed by atoms with Gasteiger partial charge in [0.1, 0.15) is 11.6 Å². The third-order valence-electron chi connectivity index (χ3n) is 4.84. The number of rotatable bonds is 4. The van der Waals surface area contributed by atoms with E-state index in [4.69, 9.17) is 10.5 Å². The molecule has 6 nitrogen and oxygen atoms in total. The molecule has 3 N–H and O–H groups in total. The molecule has 0 radical (unpaired) electrons. The van der Waals surface area contributed by atoms with E-state index in [-0.39, 0.29) is 11.8 Å². The van der Waals surface area contributed by atoms with E-state index in [0.717, 1.165) is 28.8 Å². The van der Waals surface area contributed by atoms with Crippen molar-refractivity contribution in [2.45, 2.75) is 26.2 Å². The minimum Gasteiger partial charge on any atom is -0.420 e. The lowest BCUT2D eigenvalue weighted by Crippen LogP contribution is -2.21. The van der Waals surface area contributed by atoms with Gasteiger partial charge in [-0.2, -0.15) is 5.26 Å². The lowest BCUT2D eigenvalue weighted by molar-refractivity contribution is 0.379. The Balaban J connectivity index is 1.82. The van der Waals surface area contributed by atoms with Crippen LogP contribution >= 0.6 is 0 Å². The van der Waals surface area contributed by atoms with Crippen LogP contribution < -0.4 is 10.5 Å². The third kappa shape index (κ3) is 3.12. The molecule has 2 aromatic heterocycles. The quantitative estimate of drug-likeness (QED) is 0.725. The van der Waals surface area contributed by atoms with Crippen LogP contribution in [0.5, 0.6) is 5.88 Å². The highest BCUT2D eigenvalue weighted by molar-refractivity contribution is 5.70. The van der Waals surface area contributed by atoms with Crippen molar-refractivity contribution < 1.29 is 4.74 Å². The van der Waals surface area contributed by atoms with E-state index in [1.165, 1.54) is 5.56 Å². The first-order valence-corrected chi connectivity index (χ1v) is 9.23. The lowest BCUT2D eigenvalue weighted by Gasteiger charge is -2.23. The molecule has 3 aromatic rings. The number of ether oxygens (including phenoxy) is 1. The first-order valence-electron chi connectivity index (χ1n) is 9.23. The molecule has 1 atom stereocenters. The van der Waals surface area contributed by atoms with Gasteiger partial charge in [-0.15, -0.1) is 5.10 Å². The number of nitriles is 1. The summed E-state index contributed by atoms with van der Waals surface area (Å²) >= 11 is 0. The van der Waals surface area contributed by atoms with Crippen LogP contribution in [0, 0.1) is 17.2 Å². The fourth-order valence-corrected chi connectivity index (χ4v) is 3.62. The Morgan fingerprint density at radius 3 is 2.68 bits per heavy atom. The molecule has 0 saturated heterocycles. The van der Waals surface area contributed by atoms with E-state index < -0.39 is 0 Å². The first-order chi connectivity index (χ1) is 13.6. The van der Waals surface area contributed by atoms with Gasteiger partial charge in [-0.25, -0.2) is 0 Å². The minimum atomic E-state index is -0.383. The summed E-state index contributed by atoms with van der Waals surface area (Å²) in [6, 6.07) is 14.4. The van der Waals surface area contributed by atoms with Crippen LogP contribution in [-0.4, -0.2) is 15.2 Å². The maximum absolute atomic E-state index is 9.72. The van der Waals surface area contributed by atoms with Crippen LogP contribution in [0.3, 0.4) is 0 Å². The predicted octanol–water partition coefficient (Wildman–Crippen LogP) is 3.89. The average molecular weight is 371 g/mol. The highest BCUT2D eigenvalue weighted by Gasteiger charge is 2.35. The molecule has 0 aliphatic carbocycles. The van der Waals surface area contributed by atoms with Gasteiger partial charge < -0.3 is 10.5 Å². The Morgan fingerprint density at radius 2 is 2.04 bits per heavy atom. The lowest BCUT2D eigenvalue weighted by atomic mass is 9.83. The zero-order valence-electron chi connectivity index (χ0n) is 15.8. The molecular formula is C22H21N5O. The van der Waals surface area contributed by atoms with Crippen LogP contribution in [0.15, 0.2) is 60.2 Å². The molecule has 1 aromatic carbocycles. The van der Waals surface area contributed by atoms with E-state index in [0.29, 0.717) is 17.4 Å². The average Bonchev–Trinajstić information content (AvgIpc) is 3.11. The molecular weight excluding hydrogens is 350 g/mol. The van der Waals surface area contributed by atoms with Crippen LogP contribution in [0.2, 0.25) is 0 Å². The SMILES string of the molecule is CC(C)Cc1ccc(-c2[nH]nc3c2[C@@H](c2cccnc2)C(C#N)=C(N)O3)cc1. The number of allylic oxidation sites excluding steroid dienone is 1. The summed E-state index contributed by atoms with van der Waals surface area (Å²) in [6.07, 6.45) is 4.47. The molecule has 0 unspecified atom stereocenters. The van der Waals surface area contributed by atoms with Gasteiger partial charge in [-0.1, -0.05) is 44.2 Å². The van der Waals surface area contributed by atoms with Crippen molar-refractivity contribution in [3.63, 3.8) is 0 Å². The Hall–Kier alpha value is -3.59. The van der Waals surface area contributed by atoms with Crippen molar-refractivity contribution >= 4 is 0 Å². The molecule has 0 amide bonds. The molecule has 140 valence electrons. The van der Waals surface area contributed by atoms with Crippen LogP contribution in [0.4, 0.5) is 0 Å². The standard InChI is InChI=1S/C22H21N5O/c1-13(2)10-14-5-7-15(8-6-14)20-19-18(16-4-3-9-25-12-16)17(11-23)21(24)28-22(19)27-26-20/h3-9,12-13,18H,10,24H2,1-2H3,(H,26,27)/t18-/m0/s1. The van der Waals surface area contributed by atoms with E-state index in [1.807, 2.05) is 12.1 Å². The van der Waals surface area contributed by atoms with Gasteiger partial charge in [0.05, 0.1) is 17.2 Å². The summed E-state index contributed by atoms with van der Waals surface area (Å²) in [4.78, 5) is 4.21. The minimum absolute atomic E-state index is 0.0779. The Kier molecular flexibility index (Phi) is 4.58. The van der Waals surface area contributed by atoms with Gasteiger partial charge in [0.15, 0.2) is 0 Å². The van der Waals surface area contributed by atoms with Crippen molar-refractivity contribution in [3.8, 4) is 23.2 Å². The smallest absolute Gasteiger partial charge is 0.244 e. The summed E-state index contributed by atoms with van der Waals surface area (Å²) in [5.74, 6) is 0.688. The van der Waals surface area contributed by atoms with Crippen molar-refractivity contribution in [1.82, 2.24) is 15.2 Å². The number of fused-ring (bicyclic) bond motifs is 1. The van der Waals surface area contributed by atoms with Gasteiger partial charge in [-0.05, 0) is 29.5 Å². The second-order valence-corrected chi connectivity index (χ2v) is 7.32. The Morgan fingerprint density at radius 1 is 1.25 bits per heavy atom. The first kappa shape index (κ1) is 17.8. The predicted molar refractivity (Wildman–Crippen MR) is 106 cm³/mol. The summed E-state index contributed by atoms with van der Waals surface area (Å²) in [5.41, 5.74) is 11.1. The van der Waals surface area contributed by atoms with E-state index in [1.54, 1.807) is 12.4 Å². The van der Waals surface area contributed by atoms with Crippen molar-refractivity contribution in [3.05, 3.63) is 76.9 Å². The molecule has 1 aliphatic rings. The molecule has 0 saturated carbocycles. The molecule has 0 spiro atoms. The highest BCUT2D eigenvalue weighted by atomic mass is 16.5. The largest absolute Gasteiger partial charge is 0.420 e. The van der Waals surface area contributed by atoms with Crippen LogP contribution in [-0.2, 0) is 6.42 Å². The molecule has 3 heterocycles. The van der Waals surface area contributed by atoms with Gasteiger partial charge in [0.25, 0.3) is 0 Å². The molecule has 0 fully saturated rings. The van der Waals surface area contributed by atoms with Gasteiger partial charge in [-0.3, -0.25) is 10.1 Å². The number of pyridine rings is 1. The highest BCUT2D eigenvalue weighted by Crippen LogP contribution is 2.45. The number of nitrogens with one attached hydrogen (secondary N) is 1. The van der Waals surface area contributed by atoms with Crippen LogP contribution in [0.25, 0.3) is 11.3 Å². The molecule has 28 heavy (non-hydrogen) atoms. The van der Waals surface area contributed by atoms with Gasteiger partial charge >= 0.3 is 0 Å². The Bertz CT molecular complexity index is 1060. The zero-order chi connectivity index (χ0) is 19.7. The van der Waals surface area contributed by atoms with Crippen LogP contribution in [0.1, 0.15) is 36.5 Å². The number of hydrogen-bond acceptors (Lipinski definition) is 5. The summed E-state index contributed by atoms with van der Waals surface area (Å²) in [5, 5.41) is 17.1. The maximum atomic E-state index is 9.72. The topological polar surface area (TPSA) is 101 Å². The van der Waals surface area contributed by atoms with Crippen molar-refractivity contribution in [2.24, 2.45) is 11.7 Å². The Labute approximate surface area is 163 Å².